The molecule has 2 rings (SSSR count). The van der Waals surface area contributed by atoms with Gasteiger partial charge in [0.1, 0.15) is 0 Å². The molecule has 0 heterocycles. The van der Waals surface area contributed by atoms with E-state index in [4.69, 9.17) is 0 Å². The van der Waals surface area contributed by atoms with Crippen LogP contribution in [0.25, 0.3) is 0 Å². The van der Waals surface area contributed by atoms with Gasteiger partial charge >= 0.3 is 0 Å². The fourth-order valence-electron chi connectivity index (χ4n) is 2.88. The maximum Gasteiger partial charge on any atom is 0.0292 e. The maximum atomic E-state index is 3.62. The van der Waals surface area contributed by atoms with Gasteiger partial charge in [-0.1, -0.05) is 40.9 Å². The van der Waals surface area contributed by atoms with Crippen molar-refractivity contribution in [1.29, 1.82) is 0 Å². The van der Waals surface area contributed by atoms with Crippen LogP contribution in [0.1, 0.15) is 44.2 Å². The molecule has 0 spiro atoms. The molecule has 1 aromatic carbocycles. The molecule has 0 bridgehead atoms. The molecule has 1 saturated carbocycles. The predicted octanol–water partition coefficient (Wildman–Crippen LogP) is 3.97. The van der Waals surface area contributed by atoms with Crippen molar-refractivity contribution in [3.63, 3.8) is 0 Å². The highest BCUT2D eigenvalue weighted by Crippen LogP contribution is 2.22. The Kier molecular flexibility index (Phi) is 5.86. The van der Waals surface area contributed by atoms with Gasteiger partial charge in [-0.25, -0.2) is 0 Å². The van der Waals surface area contributed by atoms with E-state index in [2.05, 4.69) is 64.4 Å². The zero-order valence-corrected chi connectivity index (χ0v) is 13.6. The summed E-state index contributed by atoms with van der Waals surface area (Å²) in [6.07, 6.45) is 5.60. The van der Waals surface area contributed by atoms with Crippen LogP contribution in [-0.2, 0) is 0 Å². The first-order valence-corrected chi connectivity index (χ1v) is 8.15. The molecular formula is C16H25BrN2. The van der Waals surface area contributed by atoms with Crippen molar-refractivity contribution in [3.8, 4) is 0 Å². The molecule has 1 N–H and O–H groups in total. The zero-order valence-electron chi connectivity index (χ0n) is 12.0. The van der Waals surface area contributed by atoms with Gasteiger partial charge in [-0.05, 0) is 44.5 Å². The Morgan fingerprint density at radius 1 is 1.37 bits per heavy atom. The summed E-state index contributed by atoms with van der Waals surface area (Å²) in [5.41, 5.74) is 1.35. The van der Waals surface area contributed by atoms with Crippen molar-refractivity contribution in [1.82, 2.24) is 10.2 Å². The molecule has 0 aromatic heterocycles. The molecule has 1 aliphatic carbocycles. The summed E-state index contributed by atoms with van der Waals surface area (Å²) in [4.78, 5) is 2.52. The van der Waals surface area contributed by atoms with E-state index in [1.54, 1.807) is 0 Å². The summed E-state index contributed by atoms with van der Waals surface area (Å²) in [7, 11) is 2.27. The van der Waals surface area contributed by atoms with Gasteiger partial charge in [0.15, 0.2) is 0 Å². The number of nitrogens with zero attached hydrogens (tertiary/aromatic N) is 1. The zero-order chi connectivity index (χ0) is 13.7. The van der Waals surface area contributed by atoms with E-state index in [0.29, 0.717) is 6.04 Å². The SMILES string of the molecule is CC(NCCN(C)C1CCCC1)c1cccc(Br)c1. The van der Waals surface area contributed by atoms with Crippen LogP contribution in [0.5, 0.6) is 0 Å². The van der Waals surface area contributed by atoms with Gasteiger partial charge < -0.3 is 10.2 Å². The third-order valence-corrected chi connectivity index (χ3v) is 4.71. The standard InChI is InChI=1S/C16H25BrN2/c1-13(14-6-5-7-15(17)12-14)18-10-11-19(2)16-8-3-4-9-16/h5-7,12-13,16,18H,3-4,8-11H2,1-2H3. The summed E-state index contributed by atoms with van der Waals surface area (Å²) in [5, 5.41) is 3.62. The second-order valence-electron chi connectivity index (χ2n) is 5.65. The lowest BCUT2D eigenvalue weighted by Gasteiger charge is -2.25. The van der Waals surface area contributed by atoms with Crippen LogP contribution in [-0.4, -0.2) is 31.1 Å². The minimum Gasteiger partial charge on any atom is -0.309 e. The molecule has 19 heavy (non-hydrogen) atoms. The Bertz CT molecular complexity index is 388. The van der Waals surface area contributed by atoms with E-state index >= 15 is 0 Å². The molecular weight excluding hydrogens is 300 g/mol. The minimum atomic E-state index is 0.412. The van der Waals surface area contributed by atoms with Crippen molar-refractivity contribution in [2.45, 2.75) is 44.7 Å². The van der Waals surface area contributed by atoms with Gasteiger partial charge in [-0.15, -0.1) is 0 Å². The van der Waals surface area contributed by atoms with Gasteiger partial charge in [-0.3, -0.25) is 0 Å². The number of hydrogen-bond donors (Lipinski definition) is 1. The van der Waals surface area contributed by atoms with E-state index in [-0.39, 0.29) is 0 Å². The lowest BCUT2D eigenvalue weighted by atomic mass is 10.1. The fourth-order valence-corrected chi connectivity index (χ4v) is 3.30. The van der Waals surface area contributed by atoms with Gasteiger partial charge in [0, 0.05) is 29.6 Å². The van der Waals surface area contributed by atoms with Crippen molar-refractivity contribution in [2.24, 2.45) is 0 Å². The summed E-state index contributed by atoms with van der Waals surface area (Å²) < 4.78 is 1.15. The molecule has 0 radical (unpaired) electrons. The first kappa shape index (κ1) is 15.0. The van der Waals surface area contributed by atoms with Gasteiger partial charge in [0.2, 0.25) is 0 Å². The van der Waals surface area contributed by atoms with E-state index in [1.807, 2.05) is 0 Å². The minimum absolute atomic E-state index is 0.412. The summed E-state index contributed by atoms with van der Waals surface area (Å²) >= 11 is 3.53. The molecule has 1 aromatic rings. The highest BCUT2D eigenvalue weighted by molar-refractivity contribution is 9.10. The molecule has 0 amide bonds. The highest BCUT2D eigenvalue weighted by atomic mass is 79.9. The third-order valence-electron chi connectivity index (χ3n) is 4.21. The maximum absolute atomic E-state index is 3.62. The summed E-state index contributed by atoms with van der Waals surface area (Å²) in [5.74, 6) is 0. The molecule has 106 valence electrons. The highest BCUT2D eigenvalue weighted by Gasteiger charge is 2.18. The van der Waals surface area contributed by atoms with Crippen LogP contribution >= 0.6 is 15.9 Å². The molecule has 1 unspecified atom stereocenters. The van der Waals surface area contributed by atoms with Crippen molar-refractivity contribution < 1.29 is 0 Å². The topological polar surface area (TPSA) is 15.3 Å². The molecule has 1 atom stereocenters. The average Bonchev–Trinajstić information content (AvgIpc) is 2.92. The van der Waals surface area contributed by atoms with Crippen LogP contribution < -0.4 is 5.32 Å². The van der Waals surface area contributed by atoms with Crippen molar-refractivity contribution >= 4 is 15.9 Å². The number of nitrogens with one attached hydrogen (secondary N) is 1. The van der Waals surface area contributed by atoms with Crippen LogP contribution in [0.4, 0.5) is 0 Å². The molecule has 0 aliphatic heterocycles. The van der Waals surface area contributed by atoms with E-state index in [9.17, 15) is 0 Å². The Balaban J connectivity index is 1.72. The first-order chi connectivity index (χ1) is 9.16. The predicted molar refractivity (Wildman–Crippen MR) is 85.4 cm³/mol. The van der Waals surface area contributed by atoms with Gasteiger partial charge in [-0.2, -0.15) is 0 Å². The number of rotatable bonds is 6. The van der Waals surface area contributed by atoms with Crippen LogP contribution in [0.2, 0.25) is 0 Å². The second kappa shape index (κ2) is 7.41. The van der Waals surface area contributed by atoms with E-state index < -0.39 is 0 Å². The molecule has 1 aliphatic rings. The van der Waals surface area contributed by atoms with E-state index in [1.165, 1.54) is 31.2 Å². The lowest BCUT2D eigenvalue weighted by molar-refractivity contribution is 0.243. The third kappa shape index (κ3) is 4.59. The Hall–Kier alpha value is -0.380. The number of hydrogen-bond acceptors (Lipinski definition) is 2. The van der Waals surface area contributed by atoms with E-state index in [0.717, 1.165) is 23.6 Å². The summed E-state index contributed by atoms with van der Waals surface area (Å²) in [6.45, 7) is 4.43. The van der Waals surface area contributed by atoms with Crippen molar-refractivity contribution in [2.75, 3.05) is 20.1 Å². The smallest absolute Gasteiger partial charge is 0.0292 e. The Labute approximate surface area is 125 Å². The first-order valence-electron chi connectivity index (χ1n) is 7.36. The lowest BCUT2D eigenvalue weighted by Crippen LogP contribution is -2.36. The van der Waals surface area contributed by atoms with Crippen LogP contribution in [0.15, 0.2) is 28.7 Å². The Morgan fingerprint density at radius 2 is 2.11 bits per heavy atom. The van der Waals surface area contributed by atoms with Crippen molar-refractivity contribution in [3.05, 3.63) is 34.3 Å². The number of halogens is 1. The molecule has 1 fully saturated rings. The average molecular weight is 325 g/mol. The number of likely N-dealkylation sites (N-methyl/N-ethyl adjacent to an activating group) is 1. The number of benzene rings is 1. The van der Waals surface area contributed by atoms with Crippen LogP contribution in [0.3, 0.4) is 0 Å². The van der Waals surface area contributed by atoms with Gasteiger partial charge in [0.05, 0.1) is 0 Å². The fraction of sp³-hybridized carbons (Fsp3) is 0.625. The van der Waals surface area contributed by atoms with Crippen LogP contribution in [0, 0.1) is 0 Å². The molecule has 0 saturated heterocycles. The summed E-state index contributed by atoms with van der Waals surface area (Å²) in [6, 6.07) is 9.78. The largest absolute Gasteiger partial charge is 0.309 e. The Morgan fingerprint density at radius 3 is 2.79 bits per heavy atom. The quantitative estimate of drug-likeness (QED) is 0.851. The van der Waals surface area contributed by atoms with Gasteiger partial charge in [0.25, 0.3) is 0 Å². The monoisotopic (exact) mass is 324 g/mol. The molecule has 3 heteroatoms. The molecule has 2 nitrogen and oxygen atoms in total. The second-order valence-corrected chi connectivity index (χ2v) is 6.57. The normalized spacial score (nSPS) is 18.1.